The summed E-state index contributed by atoms with van der Waals surface area (Å²) in [6.45, 7) is 0.456. The largest absolute Gasteiger partial charge is 0.443 e. The van der Waals surface area contributed by atoms with Crippen molar-refractivity contribution in [1.82, 2.24) is 15.5 Å². The van der Waals surface area contributed by atoms with Crippen LogP contribution in [0.15, 0.2) is 27.8 Å². The van der Waals surface area contributed by atoms with E-state index in [2.05, 4.69) is 15.5 Å². The lowest BCUT2D eigenvalue weighted by atomic mass is 10.1. The molecular weight excluding hydrogens is 333 g/mol. The fourth-order valence-electron chi connectivity index (χ4n) is 1.91. The Hall–Kier alpha value is -1.80. The van der Waals surface area contributed by atoms with E-state index in [0.717, 1.165) is 0 Å². The molecule has 0 bridgehead atoms. The number of thioether (sulfide) groups is 1. The number of hydrogen-bond acceptors (Lipinski definition) is 6. The SMILES string of the molecule is O=C1NCC(CSc2nnc(Cc3c(F)cccc3Cl)o2)O1. The Morgan fingerprint density at radius 3 is 3.05 bits per heavy atom. The van der Waals surface area contributed by atoms with Crippen molar-refractivity contribution in [3.63, 3.8) is 0 Å². The summed E-state index contributed by atoms with van der Waals surface area (Å²) < 4.78 is 24.1. The van der Waals surface area contributed by atoms with Crippen molar-refractivity contribution in [3.05, 3.63) is 40.5 Å². The number of alkyl carbamates (subject to hydrolysis) is 1. The summed E-state index contributed by atoms with van der Waals surface area (Å²) in [5.74, 6) is 0.362. The third-order valence-corrected chi connectivity index (χ3v) is 4.28. The quantitative estimate of drug-likeness (QED) is 0.841. The van der Waals surface area contributed by atoms with Crippen LogP contribution in [0.1, 0.15) is 11.5 Å². The van der Waals surface area contributed by atoms with Crippen molar-refractivity contribution in [2.75, 3.05) is 12.3 Å². The van der Waals surface area contributed by atoms with E-state index in [4.69, 9.17) is 20.8 Å². The fourth-order valence-corrected chi connectivity index (χ4v) is 2.91. The lowest BCUT2D eigenvalue weighted by Gasteiger charge is -2.04. The standard InChI is InChI=1S/C13H11ClFN3O3S/c14-9-2-1-3-10(15)8(9)4-11-17-18-13(21-11)22-6-7-5-16-12(19)20-7/h1-3,7H,4-6H2,(H,16,19). The third kappa shape index (κ3) is 3.50. The Bertz CT molecular complexity index is 677. The van der Waals surface area contributed by atoms with E-state index in [1.54, 1.807) is 6.07 Å². The average molecular weight is 344 g/mol. The number of nitrogens with one attached hydrogen (secondary N) is 1. The summed E-state index contributed by atoms with van der Waals surface area (Å²) in [5, 5.41) is 11.0. The maximum Gasteiger partial charge on any atom is 0.407 e. The van der Waals surface area contributed by atoms with Crippen LogP contribution in [0, 0.1) is 5.82 Å². The summed E-state index contributed by atoms with van der Waals surface area (Å²) in [4.78, 5) is 10.9. The van der Waals surface area contributed by atoms with Crippen molar-refractivity contribution in [2.45, 2.75) is 17.7 Å². The van der Waals surface area contributed by atoms with Crippen molar-refractivity contribution in [1.29, 1.82) is 0 Å². The summed E-state index contributed by atoms with van der Waals surface area (Å²) in [5.41, 5.74) is 0.318. The zero-order valence-corrected chi connectivity index (χ0v) is 12.8. The lowest BCUT2D eigenvalue weighted by Crippen LogP contribution is -2.16. The van der Waals surface area contributed by atoms with E-state index >= 15 is 0 Å². The van der Waals surface area contributed by atoms with Crippen LogP contribution in [0.5, 0.6) is 0 Å². The predicted octanol–water partition coefficient (Wildman–Crippen LogP) is 2.65. The molecular formula is C13H11ClFN3O3S. The lowest BCUT2D eigenvalue weighted by molar-refractivity contribution is 0.150. The molecule has 2 heterocycles. The van der Waals surface area contributed by atoms with E-state index in [0.29, 0.717) is 28.1 Å². The maximum absolute atomic E-state index is 13.7. The monoisotopic (exact) mass is 343 g/mol. The van der Waals surface area contributed by atoms with Gasteiger partial charge in [0.1, 0.15) is 11.9 Å². The smallest absolute Gasteiger partial charge is 0.407 e. The van der Waals surface area contributed by atoms with Gasteiger partial charge >= 0.3 is 6.09 Å². The van der Waals surface area contributed by atoms with Crippen LogP contribution in [0.25, 0.3) is 0 Å². The highest BCUT2D eigenvalue weighted by Gasteiger charge is 2.23. The van der Waals surface area contributed by atoms with Crippen LogP contribution in [0.3, 0.4) is 0 Å². The molecule has 116 valence electrons. The van der Waals surface area contributed by atoms with Gasteiger partial charge in [-0.1, -0.05) is 29.4 Å². The molecule has 6 nitrogen and oxygen atoms in total. The molecule has 1 aromatic carbocycles. The molecule has 2 aromatic rings. The molecule has 0 spiro atoms. The number of halogens is 2. The Balaban J connectivity index is 1.60. The number of aromatic nitrogens is 2. The van der Waals surface area contributed by atoms with E-state index in [1.807, 2.05) is 0 Å². The second kappa shape index (κ2) is 6.53. The molecule has 22 heavy (non-hydrogen) atoms. The molecule has 1 N–H and O–H groups in total. The molecule has 0 radical (unpaired) electrons. The van der Waals surface area contributed by atoms with Crippen molar-refractivity contribution in [2.24, 2.45) is 0 Å². The number of cyclic esters (lactones) is 1. The van der Waals surface area contributed by atoms with Crippen LogP contribution >= 0.6 is 23.4 Å². The minimum absolute atomic E-state index is 0.124. The Morgan fingerprint density at radius 1 is 1.45 bits per heavy atom. The first kappa shape index (κ1) is 15.1. The first-order chi connectivity index (χ1) is 10.6. The van der Waals surface area contributed by atoms with Gasteiger partial charge < -0.3 is 14.5 Å². The minimum atomic E-state index is -0.425. The molecule has 0 saturated carbocycles. The second-order valence-electron chi connectivity index (χ2n) is 4.56. The summed E-state index contributed by atoms with van der Waals surface area (Å²) >= 11 is 7.23. The van der Waals surface area contributed by atoms with Gasteiger partial charge in [0.15, 0.2) is 0 Å². The van der Waals surface area contributed by atoms with Crippen LogP contribution in [0.2, 0.25) is 5.02 Å². The number of ether oxygens (including phenoxy) is 1. The molecule has 1 saturated heterocycles. The van der Waals surface area contributed by atoms with Crippen molar-refractivity contribution >= 4 is 29.5 Å². The average Bonchev–Trinajstić information content (AvgIpc) is 3.10. The van der Waals surface area contributed by atoms with Crippen LogP contribution in [-0.2, 0) is 11.2 Å². The Kier molecular flexibility index (Phi) is 4.49. The van der Waals surface area contributed by atoms with Gasteiger partial charge in [-0.05, 0) is 12.1 Å². The van der Waals surface area contributed by atoms with E-state index in [1.165, 1.54) is 23.9 Å². The predicted molar refractivity (Wildman–Crippen MR) is 77.5 cm³/mol. The van der Waals surface area contributed by atoms with Crippen LogP contribution in [-0.4, -0.2) is 34.7 Å². The molecule has 1 unspecified atom stereocenters. The van der Waals surface area contributed by atoms with Gasteiger partial charge in [0, 0.05) is 16.3 Å². The molecule has 0 aliphatic carbocycles. The first-order valence-electron chi connectivity index (χ1n) is 6.44. The third-order valence-electron chi connectivity index (χ3n) is 2.98. The molecule has 3 rings (SSSR count). The number of rotatable bonds is 5. The van der Waals surface area contributed by atoms with Crippen LogP contribution < -0.4 is 5.32 Å². The second-order valence-corrected chi connectivity index (χ2v) is 5.94. The summed E-state index contributed by atoms with van der Waals surface area (Å²) in [6, 6.07) is 4.47. The minimum Gasteiger partial charge on any atom is -0.443 e. The van der Waals surface area contributed by atoms with E-state index < -0.39 is 11.9 Å². The van der Waals surface area contributed by atoms with Gasteiger partial charge in [-0.15, -0.1) is 10.2 Å². The van der Waals surface area contributed by atoms with E-state index in [9.17, 15) is 9.18 Å². The number of hydrogen-bond donors (Lipinski definition) is 1. The fraction of sp³-hybridized carbons (Fsp3) is 0.308. The summed E-state index contributed by atoms with van der Waals surface area (Å²) in [6.07, 6.45) is -0.529. The van der Waals surface area contributed by atoms with Gasteiger partial charge in [-0.25, -0.2) is 9.18 Å². The van der Waals surface area contributed by atoms with Gasteiger partial charge in [-0.2, -0.15) is 0 Å². The summed E-state index contributed by atoms with van der Waals surface area (Å²) in [7, 11) is 0. The molecule has 1 amide bonds. The molecule has 1 aromatic heterocycles. The van der Waals surface area contributed by atoms with Crippen molar-refractivity contribution < 1.29 is 18.3 Å². The number of carbonyl (C=O) groups excluding carboxylic acids is 1. The number of nitrogens with zero attached hydrogens (tertiary/aromatic N) is 2. The zero-order valence-electron chi connectivity index (χ0n) is 11.2. The maximum atomic E-state index is 13.7. The number of benzene rings is 1. The van der Waals surface area contributed by atoms with Crippen molar-refractivity contribution in [3.8, 4) is 0 Å². The normalized spacial score (nSPS) is 17.4. The first-order valence-corrected chi connectivity index (χ1v) is 7.80. The molecule has 1 aliphatic rings. The molecule has 1 atom stereocenters. The topological polar surface area (TPSA) is 77.3 Å². The van der Waals surface area contributed by atoms with Gasteiger partial charge in [0.05, 0.1) is 13.0 Å². The Morgan fingerprint density at radius 2 is 2.32 bits per heavy atom. The molecule has 1 fully saturated rings. The zero-order chi connectivity index (χ0) is 15.5. The van der Waals surface area contributed by atoms with Gasteiger partial charge in [0.25, 0.3) is 5.22 Å². The highest BCUT2D eigenvalue weighted by Crippen LogP contribution is 2.24. The highest BCUT2D eigenvalue weighted by atomic mass is 35.5. The van der Waals surface area contributed by atoms with Gasteiger partial charge in [0.2, 0.25) is 5.89 Å². The number of amides is 1. The van der Waals surface area contributed by atoms with Gasteiger partial charge in [-0.3, -0.25) is 0 Å². The number of carbonyl (C=O) groups is 1. The molecule has 1 aliphatic heterocycles. The highest BCUT2D eigenvalue weighted by molar-refractivity contribution is 7.99. The van der Waals surface area contributed by atoms with E-state index in [-0.39, 0.29) is 18.4 Å². The molecule has 9 heteroatoms. The van der Waals surface area contributed by atoms with Crippen LogP contribution in [0.4, 0.5) is 9.18 Å². The Labute approximate surface area is 134 Å².